The predicted molar refractivity (Wildman–Crippen MR) is 80.1 cm³/mol. The highest BCUT2D eigenvalue weighted by atomic mass is 19.4. The van der Waals surface area contributed by atoms with Crippen molar-refractivity contribution in [2.24, 2.45) is 0 Å². The molecule has 0 aliphatic rings. The van der Waals surface area contributed by atoms with Crippen molar-refractivity contribution in [3.63, 3.8) is 0 Å². The number of anilines is 3. The summed E-state index contributed by atoms with van der Waals surface area (Å²) in [7, 11) is 0. The number of aromatic nitrogens is 2. The second-order valence-electron chi connectivity index (χ2n) is 5.16. The van der Waals surface area contributed by atoms with Gasteiger partial charge >= 0.3 is 6.18 Å². The zero-order valence-electron chi connectivity index (χ0n) is 12.9. The summed E-state index contributed by atoms with van der Waals surface area (Å²) in [6, 6.07) is 3.18. The molecule has 2 aromatic rings. The maximum absolute atomic E-state index is 13.7. The monoisotopic (exact) mass is 346 g/mol. The van der Waals surface area contributed by atoms with Crippen LogP contribution in [-0.4, -0.2) is 16.0 Å². The molecule has 0 radical (unpaired) electrons. The van der Waals surface area contributed by atoms with E-state index in [2.05, 4.69) is 20.6 Å². The van der Waals surface area contributed by atoms with E-state index in [0.717, 1.165) is 12.1 Å². The number of nitrogens with zero attached hydrogens (tertiary/aromatic N) is 2. The van der Waals surface area contributed by atoms with E-state index in [0.29, 0.717) is 18.6 Å². The van der Waals surface area contributed by atoms with Crippen molar-refractivity contribution >= 4 is 17.5 Å². The first kappa shape index (κ1) is 17.9. The Morgan fingerprint density at radius 1 is 1.12 bits per heavy atom. The predicted octanol–water partition coefficient (Wildman–Crippen LogP) is 4.73. The largest absolute Gasteiger partial charge is 0.433 e. The molecule has 0 aliphatic heterocycles. The number of benzene rings is 1. The van der Waals surface area contributed by atoms with Crippen LogP contribution in [0.1, 0.15) is 26.0 Å². The third-order valence-electron chi connectivity index (χ3n) is 3.20. The maximum atomic E-state index is 13.7. The first-order chi connectivity index (χ1) is 11.2. The molecule has 1 heterocycles. The Morgan fingerprint density at radius 2 is 1.83 bits per heavy atom. The zero-order valence-corrected chi connectivity index (χ0v) is 12.9. The normalized spacial score (nSPS) is 12.8. The Morgan fingerprint density at radius 3 is 2.42 bits per heavy atom. The summed E-state index contributed by atoms with van der Waals surface area (Å²) < 4.78 is 65.5. The van der Waals surface area contributed by atoms with Gasteiger partial charge in [0.1, 0.15) is 17.5 Å². The summed E-state index contributed by atoms with van der Waals surface area (Å²) in [4.78, 5) is 7.33. The number of rotatable bonds is 5. The minimum atomic E-state index is -4.69. The maximum Gasteiger partial charge on any atom is 0.433 e. The SMILES string of the molecule is CC[C@@H](C)Nc1nc(Nc2ccc(F)cc2F)cc(C(F)(F)F)n1. The van der Waals surface area contributed by atoms with Crippen LogP contribution in [0.3, 0.4) is 0 Å². The summed E-state index contributed by atoms with van der Waals surface area (Å²) in [5.41, 5.74) is -1.37. The van der Waals surface area contributed by atoms with E-state index < -0.39 is 23.5 Å². The van der Waals surface area contributed by atoms with Crippen LogP contribution >= 0.6 is 0 Å². The molecule has 4 nitrogen and oxygen atoms in total. The average molecular weight is 346 g/mol. The average Bonchev–Trinajstić information content (AvgIpc) is 2.49. The molecule has 0 saturated carbocycles. The summed E-state index contributed by atoms with van der Waals surface area (Å²) in [6.07, 6.45) is -4.04. The van der Waals surface area contributed by atoms with E-state index in [-0.39, 0.29) is 23.5 Å². The molecule has 1 atom stereocenters. The van der Waals surface area contributed by atoms with Crippen LogP contribution in [0, 0.1) is 11.6 Å². The van der Waals surface area contributed by atoms with Gasteiger partial charge in [-0.05, 0) is 25.5 Å². The number of hydrogen-bond acceptors (Lipinski definition) is 4. The van der Waals surface area contributed by atoms with Crippen molar-refractivity contribution in [1.29, 1.82) is 0 Å². The van der Waals surface area contributed by atoms with Gasteiger partial charge < -0.3 is 10.6 Å². The van der Waals surface area contributed by atoms with Crippen LogP contribution in [0.25, 0.3) is 0 Å². The topological polar surface area (TPSA) is 49.8 Å². The fourth-order valence-electron chi connectivity index (χ4n) is 1.77. The lowest BCUT2D eigenvalue weighted by molar-refractivity contribution is -0.141. The van der Waals surface area contributed by atoms with Gasteiger partial charge in [-0.15, -0.1) is 0 Å². The molecule has 24 heavy (non-hydrogen) atoms. The van der Waals surface area contributed by atoms with Crippen molar-refractivity contribution in [3.8, 4) is 0 Å². The first-order valence-electron chi connectivity index (χ1n) is 7.14. The molecular formula is C15H15F5N4. The Labute approximate surface area is 135 Å². The summed E-state index contributed by atoms with van der Waals surface area (Å²) in [5, 5.41) is 5.15. The van der Waals surface area contributed by atoms with E-state index in [1.54, 1.807) is 6.92 Å². The van der Waals surface area contributed by atoms with Gasteiger partial charge in [-0.2, -0.15) is 18.2 Å². The van der Waals surface area contributed by atoms with E-state index in [9.17, 15) is 22.0 Å². The van der Waals surface area contributed by atoms with Crippen molar-refractivity contribution < 1.29 is 22.0 Å². The molecule has 9 heteroatoms. The van der Waals surface area contributed by atoms with Crippen LogP contribution in [0.2, 0.25) is 0 Å². The number of alkyl halides is 3. The zero-order chi connectivity index (χ0) is 17.9. The van der Waals surface area contributed by atoms with Gasteiger partial charge in [0.15, 0.2) is 5.69 Å². The standard InChI is InChI=1S/C15H15F5N4/c1-3-8(2)21-14-23-12(15(18,19)20)7-13(24-14)22-11-5-4-9(16)6-10(11)17/h4-8H,3H2,1-2H3,(H2,21,22,23,24)/t8-/m1/s1. The molecule has 0 fully saturated rings. The minimum absolute atomic E-state index is 0.149. The van der Waals surface area contributed by atoms with Gasteiger partial charge in [-0.1, -0.05) is 6.92 Å². The van der Waals surface area contributed by atoms with Gasteiger partial charge in [0, 0.05) is 18.2 Å². The molecule has 1 aromatic heterocycles. The Bertz CT molecular complexity index is 717. The molecule has 0 bridgehead atoms. The van der Waals surface area contributed by atoms with Gasteiger partial charge in [0.25, 0.3) is 0 Å². The van der Waals surface area contributed by atoms with Crippen molar-refractivity contribution in [3.05, 3.63) is 41.6 Å². The molecular weight excluding hydrogens is 331 g/mol. The highest BCUT2D eigenvalue weighted by molar-refractivity contribution is 5.58. The summed E-state index contributed by atoms with van der Waals surface area (Å²) in [6.45, 7) is 3.61. The third kappa shape index (κ3) is 4.53. The highest BCUT2D eigenvalue weighted by Crippen LogP contribution is 2.31. The van der Waals surface area contributed by atoms with Crippen LogP contribution < -0.4 is 10.6 Å². The van der Waals surface area contributed by atoms with Gasteiger partial charge in [-0.3, -0.25) is 0 Å². The van der Waals surface area contributed by atoms with Crippen LogP contribution in [-0.2, 0) is 6.18 Å². The Hall–Kier alpha value is -2.45. The quantitative estimate of drug-likeness (QED) is 0.769. The van der Waals surface area contributed by atoms with Gasteiger partial charge in [-0.25, -0.2) is 13.8 Å². The van der Waals surface area contributed by atoms with Crippen molar-refractivity contribution in [1.82, 2.24) is 9.97 Å². The third-order valence-corrected chi connectivity index (χ3v) is 3.20. The van der Waals surface area contributed by atoms with Gasteiger partial charge in [0.2, 0.25) is 5.95 Å². The minimum Gasteiger partial charge on any atom is -0.352 e. The van der Waals surface area contributed by atoms with Crippen LogP contribution in [0.4, 0.5) is 39.4 Å². The molecule has 130 valence electrons. The molecule has 2 N–H and O–H groups in total. The van der Waals surface area contributed by atoms with E-state index in [4.69, 9.17) is 0 Å². The lowest BCUT2D eigenvalue weighted by atomic mass is 10.2. The lowest BCUT2D eigenvalue weighted by Crippen LogP contribution is -2.18. The summed E-state index contributed by atoms with van der Waals surface area (Å²) in [5.74, 6) is -2.23. The molecule has 0 spiro atoms. The lowest BCUT2D eigenvalue weighted by Gasteiger charge is -2.15. The number of halogens is 5. The van der Waals surface area contributed by atoms with Crippen molar-refractivity contribution in [2.75, 3.05) is 10.6 Å². The Balaban J connectivity index is 2.38. The van der Waals surface area contributed by atoms with E-state index in [1.165, 1.54) is 0 Å². The smallest absolute Gasteiger partial charge is 0.352 e. The van der Waals surface area contributed by atoms with E-state index >= 15 is 0 Å². The summed E-state index contributed by atoms with van der Waals surface area (Å²) >= 11 is 0. The second-order valence-corrected chi connectivity index (χ2v) is 5.16. The molecule has 0 aliphatic carbocycles. The molecule has 2 rings (SSSR count). The first-order valence-corrected chi connectivity index (χ1v) is 7.14. The van der Waals surface area contributed by atoms with Crippen LogP contribution in [0.5, 0.6) is 0 Å². The molecule has 0 saturated heterocycles. The van der Waals surface area contributed by atoms with Gasteiger partial charge in [0.05, 0.1) is 5.69 Å². The Kier molecular flexibility index (Phi) is 5.20. The number of hydrogen-bond donors (Lipinski definition) is 2. The fourth-order valence-corrected chi connectivity index (χ4v) is 1.77. The van der Waals surface area contributed by atoms with E-state index in [1.807, 2.05) is 6.92 Å². The number of nitrogens with one attached hydrogen (secondary N) is 2. The molecule has 1 aromatic carbocycles. The van der Waals surface area contributed by atoms with Crippen LogP contribution in [0.15, 0.2) is 24.3 Å². The fraction of sp³-hybridized carbons (Fsp3) is 0.333. The highest BCUT2D eigenvalue weighted by Gasteiger charge is 2.34. The van der Waals surface area contributed by atoms with Crippen molar-refractivity contribution in [2.45, 2.75) is 32.5 Å². The molecule has 0 unspecified atom stereocenters. The second kappa shape index (κ2) is 6.98. The molecule has 0 amide bonds.